The van der Waals surface area contributed by atoms with E-state index in [1.54, 1.807) is 0 Å². The number of anilines is 1. The number of carboxylic acids is 1. The predicted molar refractivity (Wildman–Crippen MR) is 106 cm³/mol. The van der Waals surface area contributed by atoms with Crippen molar-refractivity contribution in [1.29, 1.82) is 0 Å². The minimum atomic E-state index is -1.57. The first-order chi connectivity index (χ1) is 14.0. The van der Waals surface area contributed by atoms with E-state index in [1.807, 2.05) is 27.7 Å². The van der Waals surface area contributed by atoms with Crippen molar-refractivity contribution in [1.82, 2.24) is 14.9 Å². The Balaban J connectivity index is 1.74. The molecule has 0 aliphatic carbocycles. The van der Waals surface area contributed by atoms with Crippen LogP contribution < -0.4 is 10.4 Å². The van der Waals surface area contributed by atoms with Gasteiger partial charge in [0.1, 0.15) is 6.04 Å². The number of aliphatic hydroxyl groups excluding tert-OH is 2. The Morgan fingerprint density at radius 1 is 1.20 bits per heavy atom. The van der Waals surface area contributed by atoms with Crippen LogP contribution >= 0.6 is 0 Å². The van der Waals surface area contributed by atoms with E-state index in [4.69, 9.17) is 14.4 Å². The summed E-state index contributed by atoms with van der Waals surface area (Å²) in [6.45, 7) is 7.21. The Hall–Kier alpha value is -2.28. The van der Waals surface area contributed by atoms with Crippen LogP contribution in [0, 0.1) is 0 Å². The van der Waals surface area contributed by atoms with Gasteiger partial charge in [0.15, 0.2) is 6.10 Å². The summed E-state index contributed by atoms with van der Waals surface area (Å²) in [5, 5.41) is 28.1. The highest BCUT2D eigenvalue weighted by atomic mass is 16.7. The Morgan fingerprint density at radius 2 is 1.77 bits per heavy atom. The molecule has 164 valence electrons. The molecule has 3 N–H and O–H groups in total. The molecule has 2 aliphatic rings. The number of aliphatic carboxylic acids is 1. The second-order valence-corrected chi connectivity index (χ2v) is 8.43. The zero-order chi connectivity index (χ0) is 22.3. The third kappa shape index (κ3) is 4.13. The zero-order valence-corrected chi connectivity index (χ0v) is 17.5. The Kier molecular flexibility index (Phi) is 6.05. The summed E-state index contributed by atoms with van der Waals surface area (Å²) in [6, 6.07) is -1.09. The molecule has 1 aromatic rings. The molecule has 0 bridgehead atoms. The number of nitrogens with zero attached hydrogens (tertiary/aromatic N) is 4. The minimum absolute atomic E-state index is 0.159. The molecule has 2 fully saturated rings. The molecular formula is C18H27BN4O7. The standard InChI is InChI=1S/C18H27BN4O7/c1-17(2)18(3,4)30-19(29-17)11-7-20-16(21-8-11)23-6-5-22(9-12(23)15(27)28)14(26)13(25)10-24/h7-8,12-13,24-25H,5-6,9-10H2,1-4H3,(H,27,28)/t12-,13+/m0/s1. The summed E-state index contributed by atoms with van der Waals surface area (Å²) in [4.78, 5) is 35.2. The van der Waals surface area contributed by atoms with Crippen LogP contribution in [0.1, 0.15) is 27.7 Å². The number of amides is 1. The molecule has 12 heteroatoms. The molecule has 2 atom stereocenters. The number of carbonyl (C=O) groups excluding carboxylic acids is 1. The van der Waals surface area contributed by atoms with Gasteiger partial charge in [-0.15, -0.1) is 0 Å². The molecular weight excluding hydrogens is 395 g/mol. The molecule has 1 amide bonds. The van der Waals surface area contributed by atoms with Crippen molar-refractivity contribution in [2.45, 2.75) is 51.0 Å². The van der Waals surface area contributed by atoms with E-state index < -0.39 is 48.9 Å². The highest BCUT2D eigenvalue weighted by molar-refractivity contribution is 6.61. The number of aliphatic hydroxyl groups is 2. The SMILES string of the molecule is CC1(C)OB(c2cnc(N3CCN(C(=O)[C@H](O)CO)C[C@H]3C(=O)O)nc2)OC1(C)C. The van der Waals surface area contributed by atoms with Crippen molar-refractivity contribution < 1.29 is 34.2 Å². The first-order valence-electron chi connectivity index (χ1n) is 9.71. The summed E-state index contributed by atoms with van der Waals surface area (Å²) in [5.74, 6) is -1.65. The van der Waals surface area contributed by atoms with Gasteiger partial charge >= 0.3 is 13.1 Å². The van der Waals surface area contributed by atoms with Crippen molar-refractivity contribution in [2.75, 3.05) is 31.1 Å². The van der Waals surface area contributed by atoms with Crippen molar-refractivity contribution in [2.24, 2.45) is 0 Å². The largest absolute Gasteiger partial charge is 0.498 e. The minimum Gasteiger partial charge on any atom is -0.480 e. The van der Waals surface area contributed by atoms with Gasteiger partial charge < -0.3 is 34.4 Å². The van der Waals surface area contributed by atoms with E-state index in [0.29, 0.717) is 5.46 Å². The normalized spacial score (nSPS) is 24.1. The average molecular weight is 422 g/mol. The number of carbonyl (C=O) groups is 2. The lowest BCUT2D eigenvalue weighted by Gasteiger charge is -2.39. The molecule has 1 aromatic heterocycles. The number of aromatic nitrogens is 2. The van der Waals surface area contributed by atoms with Gasteiger partial charge in [-0.05, 0) is 27.7 Å². The van der Waals surface area contributed by atoms with Crippen LogP contribution in [-0.2, 0) is 18.9 Å². The van der Waals surface area contributed by atoms with E-state index in [0.717, 1.165) is 0 Å². The third-order valence-corrected chi connectivity index (χ3v) is 5.88. The number of hydrogen-bond acceptors (Lipinski definition) is 9. The smallest absolute Gasteiger partial charge is 0.480 e. The topological polar surface area (TPSA) is 146 Å². The van der Waals surface area contributed by atoms with Gasteiger partial charge in [0.25, 0.3) is 5.91 Å². The molecule has 0 radical (unpaired) electrons. The van der Waals surface area contributed by atoms with Crippen LogP contribution in [0.5, 0.6) is 0 Å². The highest BCUT2D eigenvalue weighted by Crippen LogP contribution is 2.36. The van der Waals surface area contributed by atoms with Crippen LogP contribution in [0.2, 0.25) is 0 Å². The first kappa shape index (κ1) is 22.4. The molecule has 2 saturated heterocycles. The lowest BCUT2D eigenvalue weighted by atomic mass is 9.81. The number of hydrogen-bond donors (Lipinski definition) is 3. The maximum atomic E-state index is 12.1. The van der Waals surface area contributed by atoms with Gasteiger partial charge in [0.05, 0.1) is 24.4 Å². The zero-order valence-electron chi connectivity index (χ0n) is 17.5. The fourth-order valence-corrected chi connectivity index (χ4v) is 3.30. The summed E-state index contributed by atoms with van der Waals surface area (Å²) in [5.41, 5.74) is -0.399. The van der Waals surface area contributed by atoms with Gasteiger partial charge in [-0.2, -0.15) is 0 Å². The molecule has 3 heterocycles. The van der Waals surface area contributed by atoms with Gasteiger partial charge in [-0.3, -0.25) is 4.79 Å². The van der Waals surface area contributed by atoms with Gasteiger partial charge in [0, 0.05) is 30.9 Å². The van der Waals surface area contributed by atoms with Crippen LogP contribution in [0.4, 0.5) is 5.95 Å². The maximum Gasteiger partial charge on any atom is 0.498 e. The number of piperazine rings is 1. The molecule has 0 unspecified atom stereocenters. The first-order valence-corrected chi connectivity index (χ1v) is 9.71. The fourth-order valence-electron chi connectivity index (χ4n) is 3.30. The second kappa shape index (κ2) is 8.10. The number of rotatable bonds is 5. The average Bonchev–Trinajstić information content (AvgIpc) is 2.93. The van der Waals surface area contributed by atoms with Crippen LogP contribution in [0.15, 0.2) is 12.4 Å². The molecule has 0 spiro atoms. The summed E-state index contributed by atoms with van der Waals surface area (Å²) < 4.78 is 11.9. The quantitative estimate of drug-likeness (QED) is 0.466. The summed E-state index contributed by atoms with van der Waals surface area (Å²) >= 11 is 0. The van der Waals surface area contributed by atoms with Crippen molar-refractivity contribution in [3.8, 4) is 0 Å². The van der Waals surface area contributed by atoms with E-state index in [2.05, 4.69) is 9.97 Å². The van der Waals surface area contributed by atoms with Gasteiger partial charge in [-0.1, -0.05) is 0 Å². The monoisotopic (exact) mass is 422 g/mol. The second-order valence-electron chi connectivity index (χ2n) is 8.43. The lowest BCUT2D eigenvalue weighted by molar-refractivity contribution is -0.146. The summed E-state index contributed by atoms with van der Waals surface area (Å²) in [7, 11) is -0.631. The summed E-state index contributed by atoms with van der Waals surface area (Å²) in [6.07, 6.45) is 1.51. The maximum absolute atomic E-state index is 12.1. The molecule has 11 nitrogen and oxygen atoms in total. The Labute approximate surface area is 174 Å². The van der Waals surface area contributed by atoms with E-state index in [-0.39, 0.29) is 25.6 Å². The van der Waals surface area contributed by atoms with Gasteiger partial charge in [0.2, 0.25) is 5.95 Å². The molecule has 30 heavy (non-hydrogen) atoms. The molecule has 0 aromatic carbocycles. The molecule has 2 aliphatic heterocycles. The van der Waals surface area contributed by atoms with Crippen molar-refractivity contribution >= 4 is 30.4 Å². The Morgan fingerprint density at radius 3 is 2.27 bits per heavy atom. The van der Waals surface area contributed by atoms with E-state index in [1.165, 1.54) is 22.2 Å². The Bertz CT molecular complexity index is 788. The van der Waals surface area contributed by atoms with Gasteiger partial charge in [-0.25, -0.2) is 14.8 Å². The van der Waals surface area contributed by atoms with Crippen LogP contribution in [0.3, 0.4) is 0 Å². The van der Waals surface area contributed by atoms with Crippen LogP contribution in [-0.4, -0.2) is 98.8 Å². The van der Waals surface area contributed by atoms with Crippen molar-refractivity contribution in [3.63, 3.8) is 0 Å². The lowest BCUT2D eigenvalue weighted by Crippen LogP contribution is -2.60. The molecule has 3 rings (SSSR count). The van der Waals surface area contributed by atoms with E-state index >= 15 is 0 Å². The van der Waals surface area contributed by atoms with E-state index in [9.17, 15) is 19.8 Å². The van der Waals surface area contributed by atoms with Crippen LogP contribution in [0.25, 0.3) is 0 Å². The van der Waals surface area contributed by atoms with Crippen molar-refractivity contribution in [3.05, 3.63) is 12.4 Å². The number of carboxylic acid groups (broad SMARTS) is 1. The molecule has 0 saturated carbocycles. The highest BCUT2D eigenvalue weighted by Gasteiger charge is 2.52. The third-order valence-electron chi connectivity index (χ3n) is 5.88. The predicted octanol–water partition coefficient (Wildman–Crippen LogP) is -1.77. The fraction of sp³-hybridized carbons (Fsp3) is 0.667.